The highest BCUT2D eigenvalue weighted by Crippen LogP contribution is 2.30. The molecule has 3 nitrogen and oxygen atoms in total. The van der Waals surface area contributed by atoms with Gasteiger partial charge in [-0.3, -0.25) is 10.1 Å². The summed E-state index contributed by atoms with van der Waals surface area (Å²) in [5.74, 6) is 0.706. The number of amides is 1. The first-order valence-electron chi connectivity index (χ1n) is 7.73. The summed E-state index contributed by atoms with van der Waals surface area (Å²) in [6.07, 6.45) is 2.10. The van der Waals surface area contributed by atoms with E-state index in [0.29, 0.717) is 12.0 Å². The minimum Gasteiger partial charge on any atom is -0.322 e. The van der Waals surface area contributed by atoms with E-state index in [0.717, 1.165) is 18.4 Å². The Morgan fingerprint density at radius 1 is 1.20 bits per heavy atom. The van der Waals surface area contributed by atoms with E-state index in [1.807, 2.05) is 30.3 Å². The largest absolute Gasteiger partial charge is 0.322 e. The van der Waals surface area contributed by atoms with Crippen molar-refractivity contribution >= 4 is 5.91 Å². The summed E-state index contributed by atoms with van der Waals surface area (Å²) in [7, 11) is 0. The van der Waals surface area contributed by atoms with Gasteiger partial charge in [0.15, 0.2) is 0 Å². The van der Waals surface area contributed by atoms with Crippen LogP contribution in [0.4, 0.5) is 0 Å². The summed E-state index contributed by atoms with van der Waals surface area (Å²) in [6, 6.07) is 10.2. The third-order valence-corrected chi connectivity index (χ3v) is 4.26. The SMILES string of the molecule is CCC1NC(c2ccccc2)C(=O)N1C(CC)C(C)C. The molecular formula is C17H26N2O. The van der Waals surface area contributed by atoms with Gasteiger partial charge in [0, 0.05) is 6.04 Å². The maximum absolute atomic E-state index is 12.8. The predicted molar refractivity (Wildman–Crippen MR) is 82.2 cm³/mol. The van der Waals surface area contributed by atoms with Gasteiger partial charge >= 0.3 is 0 Å². The molecule has 1 heterocycles. The van der Waals surface area contributed by atoms with Crippen LogP contribution in [-0.2, 0) is 4.79 Å². The zero-order chi connectivity index (χ0) is 14.7. The van der Waals surface area contributed by atoms with Crippen LogP contribution in [0.2, 0.25) is 0 Å². The van der Waals surface area contributed by atoms with Crippen molar-refractivity contribution in [2.75, 3.05) is 0 Å². The molecule has 1 saturated heterocycles. The highest BCUT2D eigenvalue weighted by Gasteiger charge is 2.42. The number of carbonyl (C=O) groups is 1. The Kier molecular flexibility index (Phi) is 4.81. The first-order chi connectivity index (χ1) is 9.60. The second kappa shape index (κ2) is 6.40. The number of hydrogen-bond donors (Lipinski definition) is 1. The first kappa shape index (κ1) is 15.0. The van der Waals surface area contributed by atoms with Crippen LogP contribution >= 0.6 is 0 Å². The lowest BCUT2D eigenvalue weighted by molar-refractivity contribution is -0.133. The topological polar surface area (TPSA) is 32.3 Å². The van der Waals surface area contributed by atoms with Gasteiger partial charge in [0.05, 0.1) is 6.17 Å². The molecule has 1 aromatic rings. The molecule has 0 saturated carbocycles. The fourth-order valence-electron chi connectivity index (χ4n) is 3.23. The Morgan fingerprint density at radius 2 is 1.85 bits per heavy atom. The van der Waals surface area contributed by atoms with Gasteiger partial charge in [0.25, 0.3) is 0 Å². The van der Waals surface area contributed by atoms with E-state index in [1.54, 1.807) is 0 Å². The molecule has 3 unspecified atom stereocenters. The molecule has 1 aliphatic rings. The van der Waals surface area contributed by atoms with Crippen molar-refractivity contribution in [2.45, 2.75) is 58.8 Å². The van der Waals surface area contributed by atoms with Crippen molar-refractivity contribution < 1.29 is 4.79 Å². The van der Waals surface area contributed by atoms with E-state index in [9.17, 15) is 4.79 Å². The molecule has 0 aromatic heterocycles. The lowest BCUT2D eigenvalue weighted by Gasteiger charge is -2.34. The van der Waals surface area contributed by atoms with Crippen LogP contribution < -0.4 is 5.32 Å². The van der Waals surface area contributed by atoms with E-state index >= 15 is 0 Å². The molecular weight excluding hydrogens is 248 g/mol. The summed E-state index contributed by atoms with van der Waals surface area (Å²) in [5, 5.41) is 3.50. The molecule has 3 atom stereocenters. The smallest absolute Gasteiger partial charge is 0.245 e. The Labute approximate surface area is 122 Å². The second-order valence-electron chi connectivity index (χ2n) is 5.90. The number of hydrogen-bond acceptors (Lipinski definition) is 2. The highest BCUT2D eigenvalue weighted by molar-refractivity contribution is 5.86. The first-order valence-corrected chi connectivity index (χ1v) is 7.73. The van der Waals surface area contributed by atoms with Gasteiger partial charge in [-0.05, 0) is 24.3 Å². The standard InChI is InChI=1S/C17H26N2O/c1-5-14(12(3)4)19-15(6-2)18-16(17(19)20)13-10-8-7-9-11-13/h7-12,14-16,18H,5-6H2,1-4H3. The molecule has 1 aromatic carbocycles. The maximum atomic E-state index is 12.8. The average Bonchev–Trinajstić information content (AvgIpc) is 2.78. The zero-order valence-electron chi connectivity index (χ0n) is 13.0. The van der Waals surface area contributed by atoms with Gasteiger partial charge in [0.2, 0.25) is 5.91 Å². The summed E-state index contributed by atoms with van der Waals surface area (Å²) in [4.78, 5) is 14.9. The number of rotatable bonds is 5. The predicted octanol–water partition coefficient (Wildman–Crippen LogP) is 3.33. The molecule has 0 spiro atoms. The molecule has 20 heavy (non-hydrogen) atoms. The third-order valence-electron chi connectivity index (χ3n) is 4.26. The van der Waals surface area contributed by atoms with Crippen molar-refractivity contribution in [3.8, 4) is 0 Å². The van der Waals surface area contributed by atoms with Crippen LogP contribution in [-0.4, -0.2) is 23.0 Å². The molecule has 3 heteroatoms. The minimum atomic E-state index is -0.186. The second-order valence-corrected chi connectivity index (χ2v) is 5.90. The molecule has 1 amide bonds. The van der Waals surface area contributed by atoms with Crippen molar-refractivity contribution in [1.82, 2.24) is 10.2 Å². The van der Waals surface area contributed by atoms with E-state index in [-0.39, 0.29) is 18.1 Å². The Bertz CT molecular complexity index is 444. The summed E-state index contributed by atoms with van der Waals surface area (Å²) < 4.78 is 0. The lowest BCUT2D eigenvalue weighted by atomic mass is 9.98. The molecule has 0 radical (unpaired) electrons. The van der Waals surface area contributed by atoms with Crippen molar-refractivity contribution in [3.05, 3.63) is 35.9 Å². The van der Waals surface area contributed by atoms with E-state index in [4.69, 9.17) is 0 Å². The fourth-order valence-corrected chi connectivity index (χ4v) is 3.23. The van der Waals surface area contributed by atoms with Crippen LogP contribution in [0.15, 0.2) is 30.3 Å². The average molecular weight is 274 g/mol. The van der Waals surface area contributed by atoms with Gasteiger partial charge < -0.3 is 4.90 Å². The van der Waals surface area contributed by atoms with Crippen molar-refractivity contribution in [2.24, 2.45) is 5.92 Å². The van der Waals surface area contributed by atoms with Gasteiger partial charge in [-0.1, -0.05) is 58.0 Å². The molecule has 1 fully saturated rings. The molecule has 0 bridgehead atoms. The van der Waals surface area contributed by atoms with Crippen LogP contribution in [0.5, 0.6) is 0 Å². The summed E-state index contributed by atoms with van der Waals surface area (Å²) in [5.41, 5.74) is 1.07. The molecule has 2 rings (SSSR count). The van der Waals surface area contributed by atoms with E-state index < -0.39 is 0 Å². The molecule has 0 aliphatic carbocycles. The van der Waals surface area contributed by atoms with Crippen LogP contribution in [0.25, 0.3) is 0 Å². The van der Waals surface area contributed by atoms with Crippen LogP contribution in [0.3, 0.4) is 0 Å². The summed E-state index contributed by atoms with van der Waals surface area (Å²) >= 11 is 0. The third kappa shape index (κ3) is 2.73. The van der Waals surface area contributed by atoms with Gasteiger partial charge in [-0.15, -0.1) is 0 Å². The van der Waals surface area contributed by atoms with Crippen molar-refractivity contribution in [1.29, 1.82) is 0 Å². The van der Waals surface area contributed by atoms with Gasteiger partial charge in [0.1, 0.15) is 6.04 Å². The van der Waals surface area contributed by atoms with Crippen molar-refractivity contribution in [3.63, 3.8) is 0 Å². The number of nitrogens with one attached hydrogen (secondary N) is 1. The van der Waals surface area contributed by atoms with E-state index in [1.165, 1.54) is 0 Å². The number of carbonyl (C=O) groups excluding carboxylic acids is 1. The molecule has 1 N–H and O–H groups in total. The van der Waals surface area contributed by atoms with Crippen LogP contribution in [0, 0.1) is 5.92 Å². The Balaban J connectivity index is 2.27. The Morgan fingerprint density at radius 3 is 2.35 bits per heavy atom. The summed E-state index contributed by atoms with van der Waals surface area (Å²) in [6.45, 7) is 8.70. The minimum absolute atomic E-state index is 0.153. The van der Waals surface area contributed by atoms with Gasteiger partial charge in [-0.25, -0.2) is 0 Å². The maximum Gasteiger partial charge on any atom is 0.245 e. The lowest BCUT2D eigenvalue weighted by Crippen LogP contribution is -2.46. The Hall–Kier alpha value is -1.35. The molecule has 110 valence electrons. The zero-order valence-corrected chi connectivity index (χ0v) is 13.0. The van der Waals surface area contributed by atoms with Crippen LogP contribution in [0.1, 0.15) is 52.1 Å². The monoisotopic (exact) mass is 274 g/mol. The quantitative estimate of drug-likeness (QED) is 0.893. The normalized spacial score (nSPS) is 24.4. The fraction of sp³-hybridized carbons (Fsp3) is 0.588. The van der Waals surface area contributed by atoms with Gasteiger partial charge in [-0.2, -0.15) is 0 Å². The number of benzene rings is 1. The molecule has 1 aliphatic heterocycles. The number of nitrogens with zero attached hydrogens (tertiary/aromatic N) is 1. The highest BCUT2D eigenvalue weighted by atomic mass is 16.2. The van der Waals surface area contributed by atoms with E-state index in [2.05, 4.69) is 37.9 Å².